The van der Waals surface area contributed by atoms with Crippen molar-refractivity contribution in [1.29, 1.82) is 0 Å². The van der Waals surface area contributed by atoms with Gasteiger partial charge < -0.3 is 10.2 Å². The summed E-state index contributed by atoms with van der Waals surface area (Å²) >= 11 is 0. The first-order valence-corrected chi connectivity index (χ1v) is 7.17. The van der Waals surface area contributed by atoms with Crippen molar-refractivity contribution in [2.45, 2.75) is 52.6 Å². The topological polar surface area (TPSA) is 28.2 Å². The van der Waals surface area contributed by atoms with Gasteiger partial charge in [0.25, 0.3) is 0 Å². The summed E-state index contributed by atoms with van der Waals surface area (Å²) in [6, 6.07) is 5.01. The summed E-state index contributed by atoms with van der Waals surface area (Å²) in [5.74, 6) is 1.17. The van der Waals surface area contributed by atoms with Crippen LogP contribution in [0.15, 0.2) is 12.1 Å². The summed E-state index contributed by atoms with van der Waals surface area (Å²) < 4.78 is 0. The average Bonchev–Trinajstić information content (AvgIpc) is 2.89. The van der Waals surface area contributed by atoms with Crippen molar-refractivity contribution < 1.29 is 0 Å². The van der Waals surface area contributed by atoms with Gasteiger partial charge in [-0.1, -0.05) is 20.8 Å². The molecule has 1 aliphatic rings. The van der Waals surface area contributed by atoms with Crippen LogP contribution in [-0.2, 0) is 13.0 Å². The third kappa shape index (κ3) is 3.45. The Labute approximate surface area is 111 Å². The first-order chi connectivity index (χ1) is 8.69. The Morgan fingerprint density at radius 3 is 2.61 bits per heavy atom. The van der Waals surface area contributed by atoms with Crippen LogP contribution >= 0.6 is 0 Å². The smallest absolute Gasteiger partial charge is 0.129 e. The van der Waals surface area contributed by atoms with Crippen molar-refractivity contribution >= 4 is 5.82 Å². The molecule has 0 spiro atoms. The molecule has 1 fully saturated rings. The lowest BCUT2D eigenvalue weighted by Crippen LogP contribution is -2.23. The highest BCUT2D eigenvalue weighted by Crippen LogP contribution is 2.20. The lowest BCUT2D eigenvalue weighted by atomic mass is 10.2. The van der Waals surface area contributed by atoms with Crippen molar-refractivity contribution in [3.05, 3.63) is 23.4 Å². The number of anilines is 1. The molecule has 0 saturated carbocycles. The molecule has 2 rings (SSSR count). The molecule has 1 aliphatic heterocycles. The highest BCUT2D eigenvalue weighted by Gasteiger charge is 2.14. The molecule has 0 bridgehead atoms. The number of aromatic nitrogens is 1. The molecule has 1 saturated heterocycles. The molecular formula is C15H25N3. The van der Waals surface area contributed by atoms with Crippen LogP contribution in [0.1, 0.15) is 44.9 Å². The summed E-state index contributed by atoms with van der Waals surface area (Å²) in [7, 11) is 0. The van der Waals surface area contributed by atoms with E-state index in [1.165, 1.54) is 29.9 Å². The molecule has 1 N–H and O–H groups in total. The molecule has 1 aromatic rings. The van der Waals surface area contributed by atoms with Gasteiger partial charge in [0.05, 0.1) is 0 Å². The predicted molar refractivity (Wildman–Crippen MR) is 77.0 cm³/mol. The first kappa shape index (κ1) is 13.3. The highest BCUT2D eigenvalue weighted by atomic mass is 15.2. The number of nitrogens with one attached hydrogen (secondary N) is 1. The second-order valence-corrected chi connectivity index (χ2v) is 5.41. The van der Waals surface area contributed by atoms with Gasteiger partial charge in [-0.2, -0.15) is 0 Å². The van der Waals surface area contributed by atoms with Crippen molar-refractivity contribution in [3.63, 3.8) is 0 Å². The molecule has 0 aromatic carbocycles. The fourth-order valence-corrected chi connectivity index (χ4v) is 2.35. The zero-order valence-electron chi connectivity index (χ0n) is 11.9. The number of hydrogen-bond donors (Lipinski definition) is 1. The van der Waals surface area contributed by atoms with Crippen LogP contribution < -0.4 is 10.2 Å². The van der Waals surface area contributed by atoms with Crippen molar-refractivity contribution in [1.82, 2.24) is 10.3 Å². The molecular weight excluding hydrogens is 222 g/mol. The molecule has 0 atom stereocenters. The lowest BCUT2D eigenvalue weighted by Gasteiger charge is -2.19. The molecule has 3 heteroatoms. The van der Waals surface area contributed by atoms with E-state index in [0.29, 0.717) is 6.04 Å². The summed E-state index contributed by atoms with van der Waals surface area (Å²) in [5.41, 5.74) is 2.57. The lowest BCUT2D eigenvalue weighted by molar-refractivity contribution is 0.588. The SMILES string of the molecule is CCc1cc(CNC(C)C)cc(N2CCCC2)n1. The summed E-state index contributed by atoms with van der Waals surface area (Å²) in [6.07, 6.45) is 3.62. The van der Waals surface area contributed by atoms with Crippen molar-refractivity contribution in [2.24, 2.45) is 0 Å². The number of hydrogen-bond acceptors (Lipinski definition) is 3. The number of aryl methyl sites for hydroxylation is 1. The first-order valence-electron chi connectivity index (χ1n) is 7.17. The van der Waals surface area contributed by atoms with E-state index in [2.05, 4.69) is 43.1 Å². The second-order valence-electron chi connectivity index (χ2n) is 5.41. The second kappa shape index (κ2) is 6.19. The predicted octanol–water partition coefficient (Wildman–Crippen LogP) is 2.74. The normalized spacial score (nSPS) is 15.7. The minimum Gasteiger partial charge on any atom is -0.357 e. The van der Waals surface area contributed by atoms with Gasteiger partial charge in [-0.25, -0.2) is 4.98 Å². The number of nitrogens with zero attached hydrogens (tertiary/aromatic N) is 2. The van der Waals surface area contributed by atoms with E-state index in [4.69, 9.17) is 4.98 Å². The van der Waals surface area contributed by atoms with E-state index in [1.807, 2.05) is 0 Å². The molecule has 18 heavy (non-hydrogen) atoms. The fourth-order valence-electron chi connectivity index (χ4n) is 2.35. The zero-order valence-corrected chi connectivity index (χ0v) is 11.9. The monoisotopic (exact) mass is 247 g/mol. The van der Waals surface area contributed by atoms with Gasteiger partial charge in [0.2, 0.25) is 0 Å². The van der Waals surface area contributed by atoms with Gasteiger partial charge in [-0.05, 0) is 37.0 Å². The maximum atomic E-state index is 4.76. The third-order valence-electron chi connectivity index (χ3n) is 3.43. The van der Waals surface area contributed by atoms with Crippen LogP contribution in [0, 0.1) is 0 Å². The Kier molecular flexibility index (Phi) is 4.59. The minimum atomic E-state index is 0.526. The highest BCUT2D eigenvalue weighted by molar-refractivity contribution is 5.43. The van der Waals surface area contributed by atoms with E-state index in [-0.39, 0.29) is 0 Å². The maximum Gasteiger partial charge on any atom is 0.129 e. The number of pyridine rings is 1. The minimum absolute atomic E-state index is 0.526. The molecule has 2 heterocycles. The third-order valence-corrected chi connectivity index (χ3v) is 3.43. The molecule has 0 amide bonds. The van der Waals surface area contributed by atoms with Crippen molar-refractivity contribution in [2.75, 3.05) is 18.0 Å². The Hall–Kier alpha value is -1.09. The largest absolute Gasteiger partial charge is 0.357 e. The Bertz CT molecular complexity index is 381. The Morgan fingerprint density at radius 1 is 1.28 bits per heavy atom. The van der Waals surface area contributed by atoms with E-state index >= 15 is 0 Å². The Morgan fingerprint density at radius 2 is 2.00 bits per heavy atom. The Balaban J connectivity index is 2.15. The van der Waals surface area contributed by atoms with Gasteiger partial charge in [-0.15, -0.1) is 0 Å². The molecule has 100 valence electrons. The van der Waals surface area contributed by atoms with Gasteiger partial charge in [0, 0.05) is 31.4 Å². The van der Waals surface area contributed by atoms with Crippen LogP contribution in [0.2, 0.25) is 0 Å². The quantitative estimate of drug-likeness (QED) is 0.867. The summed E-state index contributed by atoms with van der Waals surface area (Å²) in [4.78, 5) is 7.17. The van der Waals surface area contributed by atoms with Crippen LogP contribution in [-0.4, -0.2) is 24.1 Å². The molecule has 0 radical (unpaired) electrons. The van der Waals surface area contributed by atoms with Gasteiger partial charge >= 0.3 is 0 Å². The van der Waals surface area contributed by atoms with E-state index in [1.54, 1.807) is 0 Å². The molecule has 0 aliphatic carbocycles. The van der Waals surface area contributed by atoms with Crippen molar-refractivity contribution in [3.8, 4) is 0 Å². The van der Waals surface area contributed by atoms with E-state index in [9.17, 15) is 0 Å². The zero-order chi connectivity index (χ0) is 13.0. The van der Waals surface area contributed by atoms with Crippen LogP contribution in [0.5, 0.6) is 0 Å². The molecule has 1 aromatic heterocycles. The van der Waals surface area contributed by atoms with E-state index < -0.39 is 0 Å². The summed E-state index contributed by atoms with van der Waals surface area (Å²) in [5, 5.41) is 3.48. The maximum absolute atomic E-state index is 4.76. The van der Waals surface area contributed by atoms with Gasteiger partial charge in [-0.3, -0.25) is 0 Å². The molecule has 3 nitrogen and oxygen atoms in total. The van der Waals surface area contributed by atoms with Gasteiger partial charge in [0.1, 0.15) is 5.82 Å². The molecule has 0 unspecified atom stereocenters. The van der Waals surface area contributed by atoms with Crippen LogP contribution in [0.3, 0.4) is 0 Å². The average molecular weight is 247 g/mol. The summed E-state index contributed by atoms with van der Waals surface area (Å²) in [6.45, 7) is 9.81. The van der Waals surface area contributed by atoms with Crippen LogP contribution in [0.4, 0.5) is 5.82 Å². The van der Waals surface area contributed by atoms with Crippen LogP contribution in [0.25, 0.3) is 0 Å². The van der Waals surface area contributed by atoms with Gasteiger partial charge in [0.15, 0.2) is 0 Å². The van der Waals surface area contributed by atoms with E-state index in [0.717, 1.165) is 26.1 Å². The number of rotatable bonds is 5. The standard InChI is InChI=1S/C15H25N3/c1-4-14-9-13(11-16-12(2)3)10-15(17-14)18-7-5-6-8-18/h9-10,12,16H,4-8,11H2,1-3H3. The fraction of sp³-hybridized carbons (Fsp3) is 0.667.